The molecule has 1 fully saturated rings. The fourth-order valence-electron chi connectivity index (χ4n) is 3.54. The van der Waals surface area contributed by atoms with Crippen molar-refractivity contribution in [1.29, 1.82) is 0 Å². The number of aliphatic imine (C=N–C) groups is 1. The van der Waals surface area contributed by atoms with E-state index in [1.807, 2.05) is 19.0 Å². The van der Waals surface area contributed by atoms with E-state index in [0.717, 1.165) is 29.9 Å². The number of aryl methyl sites for hydroxylation is 1. The largest absolute Gasteiger partial charge is 0.352 e. The van der Waals surface area contributed by atoms with Gasteiger partial charge in [-0.05, 0) is 39.5 Å². The number of nitrogens with zero attached hydrogens (tertiary/aromatic N) is 4. The number of carbonyl (C=O) groups is 1. The maximum atomic E-state index is 11.9. The van der Waals surface area contributed by atoms with Crippen LogP contribution in [0.4, 0.5) is 0 Å². The van der Waals surface area contributed by atoms with Crippen molar-refractivity contribution in [3.05, 3.63) is 57.8 Å². The van der Waals surface area contributed by atoms with Gasteiger partial charge in [0.15, 0.2) is 5.96 Å². The third kappa shape index (κ3) is 5.16. The number of likely N-dealkylation sites (tertiary alicyclic amines) is 1. The number of hydrogen-bond donors (Lipinski definition) is 1. The van der Waals surface area contributed by atoms with E-state index in [9.17, 15) is 4.79 Å². The lowest BCUT2D eigenvalue weighted by Crippen LogP contribution is -2.38. The van der Waals surface area contributed by atoms with Crippen LogP contribution in [-0.2, 0) is 31.5 Å². The minimum atomic E-state index is 0.262. The first-order valence-electron chi connectivity index (χ1n) is 9.54. The van der Waals surface area contributed by atoms with Gasteiger partial charge in [0.1, 0.15) is 0 Å². The molecule has 6 nitrogen and oxygen atoms in total. The summed E-state index contributed by atoms with van der Waals surface area (Å²) in [5, 5.41) is 3.44. The highest BCUT2D eigenvalue weighted by Crippen LogP contribution is 2.16. The second kappa shape index (κ2) is 9.28. The van der Waals surface area contributed by atoms with Crippen LogP contribution in [0.3, 0.4) is 0 Å². The quantitative estimate of drug-likeness (QED) is 0.548. The summed E-state index contributed by atoms with van der Waals surface area (Å²) in [6.07, 6.45) is 3.71. The number of hydrogen-bond acceptors (Lipinski definition) is 2. The van der Waals surface area contributed by atoms with Crippen LogP contribution >= 0.6 is 15.9 Å². The van der Waals surface area contributed by atoms with E-state index in [0.29, 0.717) is 19.5 Å². The molecule has 2 aromatic rings. The maximum Gasteiger partial charge on any atom is 0.222 e. The van der Waals surface area contributed by atoms with Gasteiger partial charge in [-0.2, -0.15) is 0 Å². The van der Waals surface area contributed by atoms with Crippen molar-refractivity contribution in [3.8, 4) is 0 Å². The lowest BCUT2D eigenvalue weighted by atomic mass is 10.1. The first kappa shape index (κ1) is 20.5. The SMILES string of the molecule is CN=C(NCc1cccc(CN2CCCC2=O)c1)N(C)Cc1cc(Br)cn1C. The summed E-state index contributed by atoms with van der Waals surface area (Å²) in [6, 6.07) is 10.5. The van der Waals surface area contributed by atoms with E-state index in [1.165, 1.54) is 16.8 Å². The molecule has 1 aromatic carbocycles. The molecule has 1 N–H and O–H groups in total. The zero-order chi connectivity index (χ0) is 20.1. The van der Waals surface area contributed by atoms with Crippen molar-refractivity contribution >= 4 is 27.8 Å². The minimum Gasteiger partial charge on any atom is -0.352 e. The van der Waals surface area contributed by atoms with Crippen LogP contribution in [0.5, 0.6) is 0 Å². The Morgan fingerprint density at radius 2 is 2.11 bits per heavy atom. The molecule has 1 aliphatic rings. The van der Waals surface area contributed by atoms with Gasteiger partial charge >= 0.3 is 0 Å². The van der Waals surface area contributed by atoms with Crippen LogP contribution in [0.25, 0.3) is 0 Å². The molecule has 0 saturated carbocycles. The molecule has 1 amide bonds. The normalized spacial score (nSPS) is 14.6. The lowest BCUT2D eigenvalue weighted by molar-refractivity contribution is -0.128. The standard InChI is InChI=1S/C21H28BrN5O/c1-23-21(26(3)15-19-11-18(22)14-25(19)2)24-12-16-6-4-7-17(10-16)13-27-9-5-8-20(27)28/h4,6-7,10-11,14H,5,8-9,12-13,15H2,1-3H3,(H,23,24). The molecule has 0 spiro atoms. The zero-order valence-electron chi connectivity index (χ0n) is 16.8. The third-order valence-electron chi connectivity index (χ3n) is 5.03. The average Bonchev–Trinajstić information content (AvgIpc) is 3.20. The summed E-state index contributed by atoms with van der Waals surface area (Å²) in [6.45, 7) is 3.02. The predicted molar refractivity (Wildman–Crippen MR) is 116 cm³/mol. The summed E-state index contributed by atoms with van der Waals surface area (Å²) < 4.78 is 3.19. The highest BCUT2D eigenvalue weighted by Gasteiger charge is 2.20. The number of guanidine groups is 1. The smallest absolute Gasteiger partial charge is 0.222 e. The molecule has 3 rings (SSSR count). The van der Waals surface area contributed by atoms with Crippen molar-refractivity contribution in [1.82, 2.24) is 19.7 Å². The summed E-state index contributed by atoms with van der Waals surface area (Å²) in [4.78, 5) is 20.3. The maximum absolute atomic E-state index is 11.9. The van der Waals surface area contributed by atoms with Crippen molar-refractivity contribution < 1.29 is 4.79 Å². The third-order valence-corrected chi connectivity index (χ3v) is 5.47. The Hall–Kier alpha value is -2.28. The number of nitrogens with one attached hydrogen (secondary N) is 1. The summed E-state index contributed by atoms with van der Waals surface area (Å²) >= 11 is 3.52. The highest BCUT2D eigenvalue weighted by molar-refractivity contribution is 9.10. The molecule has 0 atom stereocenters. The molecule has 7 heteroatoms. The van der Waals surface area contributed by atoms with E-state index in [4.69, 9.17) is 0 Å². The van der Waals surface area contributed by atoms with Gasteiger partial charge in [-0.1, -0.05) is 24.3 Å². The Morgan fingerprint density at radius 3 is 2.75 bits per heavy atom. The topological polar surface area (TPSA) is 52.9 Å². The second-order valence-corrected chi connectivity index (χ2v) is 8.17. The molecular formula is C21H28BrN5O. The van der Waals surface area contributed by atoms with Crippen LogP contribution in [0, 0.1) is 0 Å². The van der Waals surface area contributed by atoms with E-state index < -0.39 is 0 Å². The molecule has 1 aliphatic heterocycles. The van der Waals surface area contributed by atoms with Crippen molar-refractivity contribution in [3.63, 3.8) is 0 Å². The van der Waals surface area contributed by atoms with Crippen molar-refractivity contribution in [2.24, 2.45) is 12.0 Å². The Kier molecular flexibility index (Phi) is 6.78. The van der Waals surface area contributed by atoms with Gasteiger partial charge in [0, 0.05) is 63.6 Å². The molecule has 2 heterocycles. The van der Waals surface area contributed by atoms with Crippen LogP contribution in [0.1, 0.15) is 29.7 Å². The number of carbonyl (C=O) groups excluding carboxylic acids is 1. The van der Waals surface area contributed by atoms with Gasteiger partial charge in [-0.15, -0.1) is 0 Å². The lowest BCUT2D eigenvalue weighted by Gasteiger charge is -2.22. The first-order valence-corrected chi connectivity index (χ1v) is 10.3. The molecular weight excluding hydrogens is 418 g/mol. The second-order valence-electron chi connectivity index (χ2n) is 7.26. The molecule has 0 bridgehead atoms. The highest BCUT2D eigenvalue weighted by atomic mass is 79.9. The first-order chi connectivity index (χ1) is 13.5. The van der Waals surface area contributed by atoms with Crippen LogP contribution in [0.2, 0.25) is 0 Å². The summed E-state index contributed by atoms with van der Waals surface area (Å²) in [5.41, 5.74) is 3.56. The van der Waals surface area contributed by atoms with Gasteiger partial charge in [0.2, 0.25) is 5.91 Å². The van der Waals surface area contributed by atoms with Crippen molar-refractivity contribution in [2.45, 2.75) is 32.5 Å². The number of aromatic nitrogens is 1. The summed E-state index contributed by atoms with van der Waals surface area (Å²) in [5.74, 6) is 1.11. The fraction of sp³-hybridized carbons (Fsp3) is 0.429. The predicted octanol–water partition coefficient (Wildman–Crippen LogP) is 3.12. The number of amides is 1. The Bertz CT molecular complexity index is 860. The Labute approximate surface area is 175 Å². The molecule has 1 aromatic heterocycles. The van der Waals surface area contributed by atoms with Crippen LogP contribution in [0.15, 0.2) is 46.0 Å². The van der Waals surface area contributed by atoms with Gasteiger partial charge in [0.25, 0.3) is 0 Å². The number of benzene rings is 1. The number of halogens is 1. The monoisotopic (exact) mass is 445 g/mol. The molecule has 0 radical (unpaired) electrons. The zero-order valence-corrected chi connectivity index (χ0v) is 18.4. The fourth-order valence-corrected chi connectivity index (χ4v) is 4.11. The van der Waals surface area contributed by atoms with Gasteiger partial charge in [0.05, 0.1) is 6.54 Å². The Morgan fingerprint density at radius 1 is 1.32 bits per heavy atom. The van der Waals surface area contributed by atoms with E-state index in [-0.39, 0.29) is 5.91 Å². The van der Waals surface area contributed by atoms with E-state index in [2.05, 4.69) is 72.2 Å². The average molecular weight is 446 g/mol. The van der Waals surface area contributed by atoms with Crippen molar-refractivity contribution in [2.75, 3.05) is 20.6 Å². The number of rotatable bonds is 6. The van der Waals surface area contributed by atoms with Gasteiger partial charge < -0.3 is 19.7 Å². The molecule has 0 unspecified atom stereocenters. The molecule has 0 aliphatic carbocycles. The van der Waals surface area contributed by atoms with E-state index >= 15 is 0 Å². The molecule has 150 valence electrons. The Balaban J connectivity index is 1.58. The summed E-state index contributed by atoms with van der Waals surface area (Å²) in [7, 11) is 5.88. The molecule has 28 heavy (non-hydrogen) atoms. The molecule has 1 saturated heterocycles. The van der Waals surface area contributed by atoms with Gasteiger partial charge in [-0.3, -0.25) is 9.79 Å². The van der Waals surface area contributed by atoms with Crippen LogP contribution in [-0.4, -0.2) is 46.9 Å². The van der Waals surface area contributed by atoms with E-state index in [1.54, 1.807) is 7.05 Å². The van der Waals surface area contributed by atoms with Gasteiger partial charge in [-0.25, -0.2) is 0 Å². The minimum absolute atomic E-state index is 0.262. The van der Waals surface area contributed by atoms with Crippen LogP contribution < -0.4 is 5.32 Å².